The maximum Gasteiger partial charge on any atom is 0.0267 e. The van der Waals surface area contributed by atoms with Crippen molar-refractivity contribution in [3.63, 3.8) is 0 Å². The van der Waals surface area contributed by atoms with Crippen LogP contribution in [0.25, 0.3) is 0 Å². The van der Waals surface area contributed by atoms with Crippen LogP contribution in [0.2, 0.25) is 0 Å². The summed E-state index contributed by atoms with van der Waals surface area (Å²) in [6, 6.07) is 0.479. The van der Waals surface area contributed by atoms with Crippen LogP contribution >= 0.6 is 0 Å². The van der Waals surface area contributed by atoms with E-state index >= 15 is 0 Å². The van der Waals surface area contributed by atoms with Gasteiger partial charge in [0.2, 0.25) is 0 Å². The molecule has 0 fully saturated rings. The smallest absolute Gasteiger partial charge is 0.0267 e. The van der Waals surface area contributed by atoms with E-state index < -0.39 is 0 Å². The van der Waals surface area contributed by atoms with Crippen LogP contribution in [0.4, 0.5) is 0 Å². The Morgan fingerprint density at radius 2 is 1.62 bits per heavy atom. The molecule has 0 aliphatic rings. The zero-order valence-corrected chi connectivity index (χ0v) is 12.1. The van der Waals surface area contributed by atoms with Crippen molar-refractivity contribution < 1.29 is 0 Å². The van der Waals surface area contributed by atoms with Gasteiger partial charge in [-0.2, -0.15) is 0 Å². The van der Waals surface area contributed by atoms with Gasteiger partial charge in [0.15, 0.2) is 0 Å². The van der Waals surface area contributed by atoms with E-state index in [2.05, 4.69) is 51.6 Å². The molecule has 0 aliphatic heterocycles. The zero-order valence-electron chi connectivity index (χ0n) is 12.1. The number of nitrogens with two attached hydrogens (primary N) is 1. The molecule has 98 valence electrons. The van der Waals surface area contributed by atoms with E-state index in [4.69, 9.17) is 5.73 Å². The summed E-state index contributed by atoms with van der Waals surface area (Å²) in [6.45, 7) is 13.2. The second-order valence-electron chi connectivity index (χ2n) is 5.96. The molecular weight excluding hydrogens is 198 g/mol. The van der Waals surface area contributed by atoms with E-state index in [1.807, 2.05) is 0 Å². The standard InChI is InChI=1S/C13H31N3/c1-7-8-16(10-9-15(5)6)12(11-14)13(2,3)4/h12H,7-11,14H2,1-6H3. The lowest BCUT2D eigenvalue weighted by Gasteiger charge is -2.40. The van der Waals surface area contributed by atoms with Gasteiger partial charge in [-0.05, 0) is 32.5 Å². The van der Waals surface area contributed by atoms with Crippen LogP contribution in [-0.2, 0) is 0 Å². The molecule has 16 heavy (non-hydrogen) atoms. The summed E-state index contributed by atoms with van der Waals surface area (Å²) >= 11 is 0. The normalized spacial score (nSPS) is 14.8. The minimum absolute atomic E-state index is 0.260. The summed E-state index contributed by atoms with van der Waals surface area (Å²) in [5.41, 5.74) is 6.20. The second kappa shape index (κ2) is 7.25. The first-order chi connectivity index (χ1) is 7.32. The second-order valence-corrected chi connectivity index (χ2v) is 5.96. The maximum atomic E-state index is 5.94. The molecule has 1 atom stereocenters. The molecule has 0 spiro atoms. The maximum absolute atomic E-state index is 5.94. The van der Waals surface area contributed by atoms with Gasteiger partial charge < -0.3 is 10.6 Å². The third kappa shape index (κ3) is 5.83. The molecule has 3 nitrogen and oxygen atoms in total. The first-order valence-corrected chi connectivity index (χ1v) is 6.41. The Labute approximate surface area is 102 Å². The molecule has 0 rings (SSSR count). The van der Waals surface area contributed by atoms with Crippen molar-refractivity contribution in [2.75, 3.05) is 40.3 Å². The summed E-state index contributed by atoms with van der Waals surface area (Å²) in [4.78, 5) is 4.78. The quantitative estimate of drug-likeness (QED) is 0.720. The zero-order chi connectivity index (χ0) is 12.8. The molecule has 0 radical (unpaired) electrons. The summed E-state index contributed by atoms with van der Waals surface area (Å²) < 4.78 is 0. The highest BCUT2D eigenvalue weighted by Gasteiger charge is 2.28. The molecule has 0 aliphatic carbocycles. The summed E-state index contributed by atoms with van der Waals surface area (Å²) in [7, 11) is 4.25. The highest BCUT2D eigenvalue weighted by atomic mass is 15.2. The topological polar surface area (TPSA) is 32.5 Å². The van der Waals surface area contributed by atoms with Crippen molar-refractivity contribution in [2.45, 2.75) is 40.2 Å². The lowest BCUT2D eigenvalue weighted by atomic mass is 9.85. The van der Waals surface area contributed by atoms with Crippen LogP contribution in [0.5, 0.6) is 0 Å². The average molecular weight is 229 g/mol. The van der Waals surface area contributed by atoms with Gasteiger partial charge in [0, 0.05) is 25.7 Å². The molecule has 0 aromatic heterocycles. The molecule has 1 unspecified atom stereocenters. The predicted octanol–water partition coefficient (Wildman–Crippen LogP) is 1.63. The van der Waals surface area contributed by atoms with Gasteiger partial charge in [-0.15, -0.1) is 0 Å². The first-order valence-electron chi connectivity index (χ1n) is 6.41. The number of hydrogen-bond donors (Lipinski definition) is 1. The van der Waals surface area contributed by atoms with E-state index in [1.165, 1.54) is 6.42 Å². The number of nitrogens with zero attached hydrogens (tertiary/aromatic N) is 2. The molecule has 2 N–H and O–H groups in total. The van der Waals surface area contributed by atoms with E-state index in [-0.39, 0.29) is 5.41 Å². The van der Waals surface area contributed by atoms with Crippen LogP contribution < -0.4 is 5.73 Å². The van der Waals surface area contributed by atoms with Crippen LogP contribution in [0, 0.1) is 5.41 Å². The number of rotatable bonds is 7. The summed E-state index contributed by atoms with van der Waals surface area (Å²) in [5, 5.41) is 0. The molecule has 0 amide bonds. The van der Waals surface area contributed by atoms with Crippen molar-refractivity contribution in [1.29, 1.82) is 0 Å². The monoisotopic (exact) mass is 229 g/mol. The molecule has 0 saturated heterocycles. The fourth-order valence-corrected chi connectivity index (χ4v) is 2.09. The number of hydrogen-bond acceptors (Lipinski definition) is 3. The minimum atomic E-state index is 0.260. The fraction of sp³-hybridized carbons (Fsp3) is 1.00. The van der Waals surface area contributed by atoms with E-state index in [1.54, 1.807) is 0 Å². The predicted molar refractivity (Wildman–Crippen MR) is 72.7 cm³/mol. The van der Waals surface area contributed by atoms with Crippen molar-refractivity contribution >= 4 is 0 Å². The van der Waals surface area contributed by atoms with Gasteiger partial charge in [-0.3, -0.25) is 4.90 Å². The van der Waals surface area contributed by atoms with E-state index in [9.17, 15) is 0 Å². The SMILES string of the molecule is CCCN(CCN(C)C)C(CN)C(C)(C)C. The fourth-order valence-electron chi connectivity index (χ4n) is 2.09. The Morgan fingerprint density at radius 3 is 1.94 bits per heavy atom. The largest absolute Gasteiger partial charge is 0.329 e. The third-order valence-corrected chi connectivity index (χ3v) is 3.01. The molecule has 3 heteroatoms. The van der Waals surface area contributed by atoms with Crippen molar-refractivity contribution in [2.24, 2.45) is 11.1 Å². The van der Waals surface area contributed by atoms with Gasteiger partial charge in [-0.25, -0.2) is 0 Å². The Morgan fingerprint density at radius 1 is 1.06 bits per heavy atom. The van der Waals surface area contributed by atoms with Crippen molar-refractivity contribution in [3.05, 3.63) is 0 Å². The summed E-state index contributed by atoms with van der Waals surface area (Å²) in [6.07, 6.45) is 1.19. The van der Waals surface area contributed by atoms with Crippen LogP contribution in [0.15, 0.2) is 0 Å². The molecule has 0 aromatic rings. The number of likely N-dealkylation sites (N-methyl/N-ethyl adjacent to an activating group) is 1. The highest BCUT2D eigenvalue weighted by molar-refractivity contribution is 4.84. The van der Waals surface area contributed by atoms with Gasteiger partial charge in [-0.1, -0.05) is 27.7 Å². The minimum Gasteiger partial charge on any atom is -0.329 e. The Hall–Kier alpha value is -0.120. The third-order valence-electron chi connectivity index (χ3n) is 3.01. The Kier molecular flexibility index (Phi) is 7.20. The average Bonchev–Trinajstić information content (AvgIpc) is 2.12. The van der Waals surface area contributed by atoms with E-state index in [0.717, 1.165) is 26.2 Å². The van der Waals surface area contributed by atoms with Gasteiger partial charge in [0.05, 0.1) is 0 Å². The van der Waals surface area contributed by atoms with Crippen molar-refractivity contribution in [1.82, 2.24) is 9.80 Å². The molecule has 0 bridgehead atoms. The molecule has 0 aromatic carbocycles. The van der Waals surface area contributed by atoms with Crippen molar-refractivity contribution in [3.8, 4) is 0 Å². The van der Waals surface area contributed by atoms with Gasteiger partial charge in [0.25, 0.3) is 0 Å². The lowest BCUT2D eigenvalue weighted by Crippen LogP contribution is -2.50. The molecular formula is C13H31N3. The lowest BCUT2D eigenvalue weighted by molar-refractivity contribution is 0.0970. The van der Waals surface area contributed by atoms with E-state index in [0.29, 0.717) is 6.04 Å². The van der Waals surface area contributed by atoms with Gasteiger partial charge >= 0.3 is 0 Å². The van der Waals surface area contributed by atoms with Crippen LogP contribution in [0.1, 0.15) is 34.1 Å². The summed E-state index contributed by atoms with van der Waals surface area (Å²) in [5.74, 6) is 0. The Bertz CT molecular complexity index is 173. The molecule has 0 saturated carbocycles. The first kappa shape index (κ1) is 15.9. The molecule has 0 heterocycles. The van der Waals surface area contributed by atoms with Crippen LogP contribution in [0.3, 0.4) is 0 Å². The Balaban J connectivity index is 4.46. The van der Waals surface area contributed by atoms with Crippen LogP contribution in [-0.4, -0.2) is 56.1 Å². The highest BCUT2D eigenvalue weighted by Crippen LogP contribution is 2.23. The van der Waals surface area contributed by atoms with Gasteiger partial charge in [0.1, 0.15) is 0 Å².